The van der Waals surface area contributed by atoms with Crippen molar-refractivity contribution in [2.24, 2.45) is 0 Å². The second-order valence-corrected chi connectivity index (χ2v) is 25.2. The number of ether oxygens (including phenoxy) is 13. The van der Waals surface area contributed by atoms with Crippen LogP contribution in [0.25, 0.3) is 0 Å². The van der Waals surface area contributed by atoms with Crippen molar-refractivity contribution < 1.29 is 71.5 Å². The molecule has 1 N–H and O–H groups in total. The highest BCUT2D eigenvalue weighted by Gasteiger charge is 2.58. The maximum absolute atomic E-state index is 14.8. The molecule has 1 amide bonds. The third kappa shape index (κ3) is 20.1. The number of nitrogens with zero attached hydrogens (tertiary/aromatic N) is 1. The number of aliphatic hydroxyl groups is 1. The van der Waals surface area contributed by atoms with Gasteiger partial charge in [-0.2, -0.15) is 0 Å². The van der Waals surface area contributed by atoms with Crippen LogP contribution in [0.15, 0.2) is 273 Å². The second kappa shape index (κ2) is 36.8. The molecule has 0 bridgehead atoms. The first-order valence-electron chi connectivity index (χ1n) is 34.2. The van der Waals surface area contributed by atoms with Crippen LogP contribution in [-0.4, -0.2) is 121 Å². The molecule has 3 fully saturated rings. The molecule has 3 saturated heterocycles. The van der Waals surface area contributed by atoms with E-state index in [1.807, 2.05) is 280 Å². The largest absolute Gasteiger partial charge is 0.385 e. The Bertz CT molecular complexity index is 3730. The SMILES string of the molecule is CC(=O)N(Cc1ccccc1)C1C(OCc2ccccc2)OC(COCc2ccccc2)C(OC2OC(COCc3ccccc3)C(OCc3ccccc3)C(OCc3ccccc3)C2OC2OC(C)C(OCc3ccccc3)C(OCc3ccccc3)C2O)C1OCc1ccccc1. The molecule has 9 aromatic carbocycles. The van der Waals surface area contributed by atoms with E-state index in [0.717, 1.165) is 50.1 Å². The summed E-state index contributed by atoms with van der Waals surface area (Å²) in [6, 6.07) is 87.6. The third-order valence-electron chi connectivity index (χ3n) is 18.0. The van der Waals surface area contributed by atoms with E-state index in [-0.39, 0.29) is 78.5 Å². The number of carbonyl (C=O) groups excluding carboxylic acids is 1. The van der Waals surface area contributed by atoms with Crippen LogP contribution in [0, 0.1) is 0 Å². The monoisotopic (exact) mass is 1340 g/mol. The van der Waals surface area contributed by atoms with E-state index < -0.39 is 92.1 Å². The Morgan fingerprint density at radius 1 is 0.333 bits per heavy atom. The summed E-state index contributed by atoms with van der Waals surface area (Å²) in [5, 5.41) is 13.2. The Balaban J connectivity index is 0.993. The third-order valence-corrected chi connectivity index (χ3v) is 18.0. The summed E-state index contributed by atoms with van der Waals surface area (Å²) < 4.78 is 93.1. The topological polar surface area (TPSA) is 161 Å². The Kier molecular flexibility index (Phi) is 26.3. The molecule has 12 rings (SSSR count). The summed E-state index contributed by atoms with van der Waals surface area (Å²) in [4.78, 5) is 16.6. The standard InChI is InChI=1S/C83H89NO15/c1-59-74(89-51-64-36-18-6-19-37-64)78(92-54-67-42-24-9-25-43-67)73(86)82(95-59)99-80-79(93-55-68-44-26-10-27-45-68)75(90-52-65-38-20-7-21-39-65)70(57-87-49-62-32-14-4-15-33-62)97-83(80)98-76-71(58-88-50-63-34-16-5-17-35-63)96-81(94-56-69-46-28-11-29-47-69)72(77(76)91-53-66-40-22-8-23-41-66)84(60(2)85)48-61-30-12-3-13-31-61/h3-47,59,70-83,86H,48-58H2,1-2H3. The number of rotatable bonds is 33. The van der Waals surface area contributed by atoms with Gasteiger partial charge in [0.05, 0.1) is 72.2 Å². The highest BCUT2D eigenvalue weighted by Crippen LogP contribution is 2.40. The summed E-state index contributed by atoms with van der Waals surface area (Å²) in [6.45, 7) is 4.79. The average molecular weight is 1340 g/mol. The molecule has 15 unspecified atom stereocenters. The maximum atomic E-state index is 14.8. The van der Waals surface area contributed by atoms with Crippen molar-refractivity contribution in [1.29, 1.82) is 0 Å². The molecular formula is C83H89NO15. The molecule has 15 atom stereocenters. The van der Waals surface area contributed by atoms with Crippen molar-refractivity contribution in [3.8, 4) is 0 Å². The molecule has 16 heteroatoms. The van der Waals surface area contributed by atoms with E-state index in [4.69, 9.17) is 61.6 Å². The van der Waals surface area contributed by atoms with Gasteiger partial charge in [0.15, 0.2) is 18.9 Å². The van der Waals surface area contributed by atoms with Crippen molar-refractivity contribution in [2.45, 2.75) is 165 Å². The van der Waals surface area contributed by atoms with Crippen LogP contribution in [0.2, 0.25) is 0 Å². The van der Waals surface area contributed by atoms with Crippen molar-refractivity contribution >= 4 is 5.91 Å². The fourth-order valence-corrected chi connectivity index (χ4v) is 12.9. The quantitative estimate of drug-likeness (QED) is 0.0413. The Morgan fingerprint density at radius 2 is 0.646 bits per heavy atom. The molecule has 3 aliphatic rings. The zero-order valence-electron chi connectivity index (χ0n) is 56.0. The van der Waals surface area contributed by atoms with E-state index in [1.165, 1.54) is 0 Å². The van der Waals surface area contributed by atoms with Crippen molar-refractivity contribution in [3.63, 3.8) is 0 Å². The fraction of sp³-hybridized carbons (Fsp3) is 0.337. The number of hydrogen-bond acceptors (Lipinski definition) is 15. The van der Waals surface area contributed by atoms with E-state index in [1.54, 1.807) is 11.8 Å². The van der Waals surface area contributed by atoms with Gasteiger partial charge in [0.25, 0.3) is 0 Å². The van der Waals surface area contributed by atoms with Gasteiger partial charge < -0.3 is 71.6 Å². The van der Waals surface area contributed by atoms with Crippen molar-refractivity contribution in [2.75, 3.05) is 13.2 Å². The van der Waals surface area contributed by atoms with E-state index in [2.05, 4.69) is 0 Å². The van der Waals surface area contributed by atoms with Crippen LogP contribution < -0.4 is 0 Å². The molecule has 3 aliphatic heterocycles. The molecule has 516 valence electrons. The lowest BCUT2D eigenvalue weighted by atomic mass is 9.93. The summed E-state index contributed by atoms with van der Waals surface area (Å²) in [6.07, 6.45) is -15.5. The molecule has 3 heterocycles. The predicted molar refractivity (Wildman–Crippen MR) is 372 cm³/mol. The lowest BCUT2D eigenvalue weighted by molar-refractivity contribution is -0.395. The summed E-state index contributed by atoms with van der Waals surface area (Å²) in [5.74, 6) is -0.266. The lowest BCUT2D eigenvalue weighted by Crippen LogP contribution is -2.69. The minimum absolute atomic E-state index is 0.00647. The lowest BCUT2D eigenvalue weighted by Gasteiger charge is -2.53. The summed E-state index contributed by atoms with van der Waals surface area (Å²) in [7, 11) is 0. The maximum Gasteiger partial charge on any atom is 0.220 e. The Hall–Kier alpha value is -8.11. The van der Waals surface area contributed by atoms with Gasteiger partial charge in [0.1, 0.15) is 67.1 Å². The zero-order chi connectivity index (χ0) is 67.8. The molecule has 9 aromatic rings. The van der Waals surface area contributed by atoms with Gasteiger partial charge in [0.2, 0.25) is 5.91 Å². The van der Waals surface area contributed by atoms with Crippen molar-refractivity contribution in [1.82, 2.24) is 4.90 Å². The molecule has 0 saturated carbocycles. The number of carbonyl (C=O) groups is 1. The van der Waals surface area contributed by atoms with Gasteiger partial charge in [-0.3, -0.25) is 4.79 Å². The highest BCUT2D eigenvalue weighted by atomic mass is 16.8. The minimum atomic E-state index is -1.48. The number of benzene rings is 9. The first kappa shape index (κ1) is 70.7. The average Bonchev–Trinajstić information content (AvgIpc) is 0.763. The first-order valence-corrected chi connectivity index (χ1v) is 34.2. The number of aliphatic hydroxyl groups excluding tert-OH is 1. The zero-order valence-corrected chi connectivity index (χ0v) is 56.0. The molecule has 99 heavy (non-hydrogen) atoms. The fourth-order valence-electron chi connectivity index (χ4n) is 12.9. The van der Waals surface area contributed by atoms with Gasteiger partial charge in [-0.05, 0) is 57.0 Å². The van der Waals surface area contributed by atoms with E-state index >= 15 is 0 Å². The smallest absolute Gasteiger partial charge is 0.220 e. The van der Waals surface area contributed by atoms with Gasteiger partial charge in [0, 0.05) is 13.5 Å². The van der Waals surface area contributed by atoms with Crippen LogP contribution in [-0.2, 0) is 126 Å². The molecule has 0 aromatic heterocycles. The van der Waals surface area contributed by atoms with E-state index in [9.17, 15) is 9.90 Å². The number of hydrogen-bond donors (Lipinski definition) is 1. The van der Waals surface area contributed by atoms with Crippen LogP contribution >= 0.6 is 0 Å². The van der Waals surface area contributed by atoms with Gasteiger partial charge in [-0.15, -0.1) is 0 Å². The van der Waals surface area contributed by atoms with Crippen LogP contribution in [0.1, 0.15) is 63.9 Å². The van der Waals surface area contributed by atoms with Gasteiger partial charge in [-0.1, -0.05) is 273 Å². The van der Waals surface area contributed by atoms with Crippen LogP contribution in [0.3, 0.4) is 0 Å². The molecular weight excluding hydrogens is 1250 g/mol. The minimum Gasteiger partial charge on any atom is -0.385 e. The van der Waals surface area contributed by atoms with Gasteiger partial charge >= 0.3 is 0 Å². The van der Waals surface area contributed by atoms with Crippen molar-refractivity contribution in [3.05, 3.63) is 323 Å². The Labute approximate surface area is 581 Å². The molecule has 0 aliphatic carbocycles. The first-order chi connectivity index (χ1) is 48.8. The van der Waals surface area contributed by atoms with E-state index in [0.29, 0.717) is 0 Å². The molecule has 0 radical (unpaired) electrons. The predicted octanol–water partition coefficient (Wildman–Crippen LogP) is 13.3. The molecule has 0 spiro atoms. The van der Waals surface area contributed by atoms with Crippen LogP contribution in [0.5, 0.6) is 0 Å². The molecule has 16 nitrogen and oxygen atoms in total. The summed E-state index contributed by atoms with van der Waals surface area (Å²) in [5.41, 5.74) is 8.10. The summed E-state index contributed by atoms with van der Waals surface area (Å²) >= 11 is 0. The Morgan fingerprint density at radius 3 is 1.05 bits per heavy atom. The highest BCUT2D eigenvalue weighted by molar-refractivity contribution is 5.74. The number of amides is 1. The second-order valence-electron chi connectivity index (χ2n) is 25.2. The normalized spacial score (nSPS) is 25.4. The van der Waals surface area contributed by atoms with Gasteiger partial charge in [-0.25, -0.2) is 0 Å². The van der Waals surface area contributed by atoms with Crippen LogP contribution in [0.4, 0.5) is 0 Å².